The molecule has 0 atom stereocenters. The molecule has 2 heteroatoms. The summed E-state index contributed by atoms with van der Waals surface area (Å²) in [5.41, 5.74) is 1.68. The summed E-state index contributed by atoms with van der Waals surface area (Å²) in [7, 11) is 4.05. The van der Waals surface area contributed by atoms with E-state index in [1.165, 1.54) is 5.56 Å². The van der Waals surface area contributed by atoms with Gasteiger partial charge in [-0.3, -0.25) is 4.79 Å². The monoisotopic (exact) mass is 219 g/mol. The fraction of sp³-hybridized carbons (Fsp3) is 0.500. The Morgan fingerprint density at radius 1 is 1.25 bits per heavy atom. The Kier molecular flexibility index (Phi) is 3.87. The Hall–Kier alpha value is -1.15. The molecule has 1 aromatic rings. The molecule has 0 fully saturated rings. The molecule has 0 saturated heterocycles. The van der Waals surface area contributed by atoms with Gasteiger partial charge in [0.2, 0.25) is 0 Å². The van der Waals surface area contributed by atoms with E-state index in [1.807, 2.05) is 53.1 Å². The second-order valence-electron chi connectivity index (χ2n) is 5.52. The zero-order chi connectivity index (χ0) is 12.3. The number of carbonyl (C=O) groups excluding carboxylic acids is 1. The standard InChI is InChI=1S/C14H21NO/c1-14(2,3)13(16)12-8-6-7-11(9-12)10-15(4)5/h6-9H,10H2,1-5H3. The van der Waals surface area contributed by atoms with Gasteiger partial charge in [-0.05, 0) is 25.7 Å². The van der Waals surface area contributed by atoms with Crippen LogP contribution in [-0.2, 0) is 6.54 Å². The molecule has 0 N–H and O–H groups in total. The first kappa shape index (κ1) is 12.9. The first-order valence-electron chi connectivity index (χ1n) is 5.59. The molecule has 1 rings (SSSR count). The van der Waals surface area contributed by atoms with Crippen LogP contribution >= 0.6 is 0 Å². The van der Waals surface area contributed by atoms with Crippen molar-refractivity contribution in [2.24, 2.45) is 5.41 Å². The fourth-order valence-corrected chi connectivity index (χ4v) is 1.61. The minimum atomic E-state index is -0.309. The maximum absolute atomic E-state index is 12.1. The molecule has 0 saturated carbocycles. The first-order valence-corrected chi connectivity index (χ1v) is 5.59. The molecule has 0 aliphatic heterocycles. The predicted molar refractivity (Wildman–Crippen MR) is 67.6 cm³/mol. The summed E-state index contributed by atoms with van der Waals surface area (Å²) >= 11 is 0. The number of rotatable bonds is 3. The van der Waals surface area contributed by atoms with Crippen molar-refractivity contribution in [3.8, 4) is 0 Å². The van der Waals surface area contributed by atoms with Crippen LogP contribution in [0.15, 0.2) is 24.3 Å². The van der Waals surface area contributed by atoms with Gasteiger partial charge in [-0.25, -0.2) is 0 Å². The van der Waals surface area contributed by atoms with E-state index >= 15 is 0 Å². The van der Waals surface area contributed by atoms with Crippen LogP contribution in [0.2, 0.25) is 0 Å². The maximum atomic E-state index is 12.1. The Balaban J connectivity index is 2.95. The lowest BCUT2D eigenvalue weighted by Gasteiger charge is -2.17. The van der Waals surface area contributed by atoms with Crippen molar-refractivity contribution in [1.29, 1.82) is 0 Å². The van der Waals surface area contributed by atoms with Gasteiger partial charge in [-0.2, -0.15) is 0 Å². The molecule has 0 heterocycles. The third-order valence-corrected chi connectivity index (χ3v) is 2.37. The zero-order valence-electron chi connectivity index (χ0n) is 10.9. The van der Waals surface area contributed by atoms with Crippen LogP contribution < -0.4 is 0 Å². The Morgan fingerprint density at radius 2 is 1.88 bits per heavy atom. The zero-order valence-corrected chi connectivity index (χ0v) is 10.9. The van der Waals surface area contributed by atoms with Crippen molar-refractivity contribution in [1.82, 2.24) is 4.90 Å². The highest BCUT2D eigenvalue weighted by molar-refractivity contribution is 5.99. The van der Waals surface area contributed by atoms with Crippen molar-refractivity contribution >= 4 is 5.78 Å². The molecule has 0 aromatic heterocycles. The van der Waals surface area contributed by atoms with E-state index in [4.69, 9.17) is 0 Å². The number of hydrogen-bond donors (Lipinski definition) is 0. The topological polar surface area (TPSA) is 20.3 Å². The van der Waals surface area contributed by atoms with Crippen LogP contribution in [0.3, 0.4) is 0 Å². The number of Topliss-reactive ketones (excluding diaryl/α,β-unsaturated/α-hetero) is 1. The minimum absolute atomic E-state index is 0.202. The van der Waals surface area contributed by atoms with Crippen LogP contribution in [0.4, 0.5) is 0 Å². The Morgan fingerprint density at radius 3 is 2.38 bits per heavy atom. The van der Waals surface area contributed by atoms with Crippen molar-refractivity contribution < 1.29 is 4.79 Å². The van der Waals surface area contributed by atoms with Gasteiger partial charge in [0, 0.05) is 17.5 Å². The van der Waals surface area contributed by atoms with E-state index in [0.29, 0.717) is 0 Å². The summed E-state index contributed by atoms with van der Waals surface area (Å²) in [5.74, 6) is 0.202. The summed E-state index contributed by atoms with van der Waals surface area (Å²) in [6.45, 7) is 6.72. The molecule has 16 heavy (non-hydrogen) atoms. The van der Waals surface area contributed by atoms with Crippen molar-refractivity contribution in [3.05, 3.63) is 35.4 Å². The number of ketones is 1. The van der Waals surface area contributed by atoms with E-state index in [9.17, 15) is 4.79 Å². The second kappa shape index (κ2) is 4.79. The number of carbonyl (C=O) groups is 1. The highest BCUT2D eigenvalue weighted by atomic mass is 16.1. The molecular weight excluding hydrogens is 198 g/mol. The Labute approximate surface area is 98.3 Å². The quantitative estimate of drug-likeness (QED) is 0.728. The summed E-state index contributed by atoms with van der Waals surface area (Å²) in [6.07, 6.45) is 0. The second-order valence-corrected chi connectivity index (χ2v) is 5.52. The SMILES string of the molecule is CN(C)Cc1cccc(C(=O)C(C)(C)C)c1. The third-order valence-electron chi connectivity index (χ3n) is 2.37. The average Bonchev–Trinajstić information content (AvgIpc) is 2.14. The van der Waals surface area contributed by atoms with Gasteiger partial charge >= 0.3 is 0 Å². The van der Waals surface area contributed by atoms with E-state index in [-0.39, 0.29) is 11.2 Å². The molecule has 0 radical (unpaired) electrons. The fourth-order valence-electron chi connectivity index (χ4n) is 1.61. The van der Waals surface area contributed by atoms with Crippen LogP contribution in [0.25, 0.3) is 0 Å². The molecule has 2 nitrogen and oxygen atoms in total. The third kappa shape index (κ3) is 3.46. The van der Waals surface area contributed by atoms with E-state index in [1.54, 1.807) is 0 Å². The molecule has 0 bridgehead atoms. The molecule has 0 spiro atoms. The normalized spacial score (nSPS) is 11.9. The van der Waals surface area contributed by atoms with Crippen LogP contribution in [0.5, 0.6) is 0 Å². The predicted octanol–water partition coefficient (Wildman–Crippen LogP) is 2.98. The molecule has 0 aliphatic carbocycles. The molecule has 0 aliphatic rings. The number of hydrogen-bond acceptors (Lipinski definition) is 2. The minimum Gasteiger partial charge on any atom is -0.305 e. The van der Waals surface area contributed by atoms with Crippen molar-refractivity contribution in [2.75, 3.05) is 14.1 Å². The lowest BCUT2D eigenvalue weighted by Crippen LogP contribution is -2.20. The van der Waals surface area contributed by atoms with Crippen LogP contribution in [-0.4, -0.2) is 24.8 Å². The highest BCUT2D eigenvalue weighted by Gasteiger charge is 2.22. The number of benzene rings is 1. The lowest BCUT2D eigenvalue weighted by atomic mass is 9.86. The van der Waals surface area contributed by atoms with E-state index in [0.717, 1.165) is 12.1 Å². The largest absolute Gasteiger partial charge is 0.305 e. The van der Waals surface area contributed by atoms with E-state index in [2.05, 4.69) is 11.0 Å². The van der Waals surface area contributed by atoms with Gasteiger partial charge < -0.3 is 4.90 Å². The van der Waals surface area contributed by atoms with Crippen LogP contribution in [0, 0.1) is 5.41 Å². The average molecular weight is 219 g/mol. The highest BCUT2D eigenvalue weighted by Crippen LogP contribution is 2.21. The van der Waals surface area contributed by atoms with E-state index < -0.39 is 0 Å². The van der Waals surface area contributed by atoms with Gasteiger partial charge in [0.15, 0.2) is 5.78 Å². The van der Waals surface area contributed by atoms with Gasteiger partial charge in [0.05, 0.1) is 0 Å². The summed E-state index contributed by atoms with van der Waals surface area (Å²) in [5, 5.41) is 0. The van der Waals surface area contributed by atoms with Crippen molar-refractivity contribution in [3.63, 3.8) is 0 Å². The lowest BCUT2D eigenvalue weighted by molar-refractivity contribution is 0.0858. The van der Waals surface area contributed by atoms with Gasteiger partial charge in [0.1, 0.15) is 0 Å². The summed E-state index contributed by atoms with van der Waals surface area (Å²) < 4.78 is 0. The molecule has 1 aromatic carbocycles. The molecular formula is C14H21NO. The van der Waals surface area contributed by atoms with Crippen molar-refractivity contribution in [2.45, 2.75) is 27.3 Å². The smallest absolute Gasteiger partial charge is 0.168 e. The van der Waals surface area contributed by atoms with Gasteiger partial charge in [-0.1, -0.05) is 39.0 Å². The number of nitrogens with zero attached hydrogens (tertiary/aromatic N) is 1. The van der Waals surface area contributed by atoms with Gasteiger partial charge in [-0.15, -0.1) is 0 Å². The summed E-state index contributed by atoms with van der Waals surface area (Å²) in [6, 6.07) is 7.90. The maximum Gasteiger partial charge on any atom is 0.168 e. The van der Waals surface area contributed by atoms with Gasteiger partial charge in [0.25, 0.3) is 0 Å². The Bertz CT molecular complexity index is 375. The van der Waals surface area contributed by atoms with Crippen LogP contribution in [0.1, 0.15) is 36.7 Å². The molecule has 0 amide bonds. The molecule has 0 unspecified atom stereocenters. The first-order chi connectivity index (χ1) is 7.30. The molecule has 88 valence electrons. The summed E-state index contributed by atoms with van der Waals surface area (Å²) in [4.78, 5) is 14.2.